The minimum absolute atomic E-state index is 0.124. The summed E-state index contributed by atoms with van der Waals surface area (Å²) in [5, 5.41) is 13.9. The third-order valence-corrected chi connectivity index (χ3v) is 3.99. The van der Waals surface area contributed by atoms with E-state index < -0.39 is 0 Å². The molecule has 6 heteroatoms. The first kappa shape index (κ1) is 17.0. The van der Waals surface area contributed by atoms with Crippen LogP contribution in [0, 0.1) is 14.9 Å². The molecule has 0 saturated carbocycles. The lowest BCUT2D eigenvalue weighted by molar-refractivity contribution is -0.115. The van der Waals surface area contributed by atoms with Crippen LogP contribution in [0.2, 0.25) is 0 Å². The van der Waals surface area contributed by atoms with Gasteiger partial charge in [0, 0.05) is 15.8 Å². The Balaban J connectivity index is 1.92. The molecule has 116 valence electrons. The molecule has 0 aliphatic heterocycles. The highest BCUT2D eigenvalue weighted by Gasteiger charge is 2.08. The van der Waals surface area contributed by atoms with Gasteiger partial charge in [-0.2, -0.15) is 5.26 Å². The van der Waals surface area contributed by atoms with Crippen molar-refractivity contribution in [3.63, 3.8) is 0 Å². The zero-order valence-corrected chi connectivity index (χ0v) is 14.3. The van der Waals surface area contributed by atoms with Crippen molar-refractivity contribution in [3.05, 3.63) is 63.2 Å². The molecule has 0 heterocycles. The van der Waals surface area contributed by atoms with Crippen molar-refractivity contribution in [1.29, 1.82) is 5.26 Å². The zero-order valence-electron chi connectivity index (χ0n) is 12.2. The minimum Gasteiger partial charge on any atom is -0.348 e. The highest BCUT2D eigenvalue weighted by molar-refractivity contribution is 14.1. The average molecular weight is 419 g/mol. The lowest BCUT2D eigenvalue weighted by Crippen LogP contribution is -2.23. The number of nitrogens with one attached hydrogen (secondary N) is 2. The van der Waals surface area contributed by atoms with E-state index in [9.17, 15) is 9.59 Å². The number of halogens is 1. The molecular weight excluding hydrogens is 405 g/mol. The van der Waals surface area contributed by atoms with E-state index in [2.05, 4.69) is 33.2 Å². The molecule has 0 aliphatic rings. The molecule has 5 nitrogen and oxygen atoms in total. The van der Waals surface area contributed by atoms with E-state index in [0.717, 1.165) is 9.13 Å². The van der Waals surface area contributed by atoms with Gasteiger partial charge in [0.25, 0.3) is 5.91 Å². The zero-order chi connectivity index (χ0) is 16.7. The number of benzene rings is 2. The molecule has 0 spiro atoms. The quantitative estimate of drug-likeness (QED) is 0.731. The summed E-state index contributed by atoms with van der Waals surface area (Å²) in [5.74, 6) is -0.464. The second-order valence-electron chi connectivity index (χ2n) is 4.74. The van der Waals surface area contributed by atoms with Crippen LogP contribution in [0.3, 0.4) is 0 Å². The fourth-order valence-electron chi connectivity index (χ4n) is 1.91. The molecule has 2 aromatic carbocycles. The van der Waals surface area contributed by atoms with Crippen LogP contribution < -0.4 is 10.6 Å². The summed E-state index contributed by atoms with van der Waals surface area (Å²) in [5.41, 5.74) is 2.19. The standard InChI is InChI=1S/C17H14IN3O2/c18-15-4-2-1-3-14(15)17(23)20-11-12-5-7-13(8-6-12)21-16(22)9-10-19/h1-8H,9,11H2,(H,20,23)(H,21,22). The maximum atomic E-state index is 12.1. The van der Waals surface area contributed by atoms with Gasteiger partial charge in [0.2, 0.25) is 5.91 Å². The molecule has 0 unspecified atom stereocenters. The van der Waals surface area contributed by atoms with Crippen molar-refractivity contribution in [1.82, 2.24) is 5.32 Å². The normalized spacial score (nSPS) is 9.74. The van der Waals surface area contributed by atoms with Crippen LogP contribution in [0.15, 0.2) is 48.5 Å². The predicted molar refractivity (Wildman–Crippen MR) is 95.6 cm³/mol. The van der Waals surface area contributed by atoms with Gasteiger partial charge in [-0.1, -0.05) is 24.3 Å². The molecule has 23 heavy (non-hydrogen) atoms. The third kappa shape index (κ3) is 5.07. The number of nitriles is 1. The number of hydrogen-bond acceptors (Lipinski definition) is 3. The predicted octanol–water partition coefficient (Wildman–Crippen LogP) is 3.07. The van der Waals surface area contributed by atoms with Crippen LogP contribution in [0.25, 0.3) is 0 Å². The van der Waals surface area contributed by atoms with Crippen molar-refractivity contribution < 1.29 is 9.59 Å². The van der Waals surface area contributed by atoms with E-state index in [-0.39, 0.29) is 18.2 Å². The maximum Gasteiger partial charge on any atom is 0.252 e. The Hall–Kier alpha value is -2.40. The van der Waals surface area contributed by atoms with Crippen molar-refractivity contribution in [2.45, 2.75) is 13.0 Å². The summed E-state index contributed by atoms with van der Waals surface area (Å²) < 4.78 is 0.901. The number of amides is 2. The number of carbonyl (C=O) groups excluding carboxylic acids is 2. The van der Waals surface area contributed by atoms with E-state index in [4.69, 9.17) is 5.26 Å². The maximum absolute atomic E-state index is 12.1. The van der Waals surface area contributed by atoms with Gasteiger partial charge in [-0.25, -0.2) is 0 Å². The van der Waals surface area contributed by atoms with E-state index in [1.54, 1.807) is 24.3 Å². The average Bonchev–Trinajstić information content (AvgIpc) is 2.54. The van der Waals surface area contributed by atoms with Crippen molar-refractivity contribution in [2.24, 2.45) is 0 Å². The van der Waals surface area contributed by atoms with Crippen LogP contribution in [-0.4, -0.2) is 11.8 Å². The number of rotatable bonds is 5. The first-order chi connectivity index (χ1) is 11.1. The summed E-state index contributed by atoms with van der Waals surface area (Å²) in [4.78, 5) is 23.4. The second kappa shape index (κ2) is 8.29. The van der Waals surface area contributed by atoms with Gasteiger partial charge >= 0.3 is 0 Å². The molecular formula is C17H14IN3O2. The fourth-order valence-corrected chi connectivity index (χ4v) is 2.54. The first-order valence-corrected chi connectivity index (χ1v) is 7.96. The molecule has 0 saturated heterocycles. The Morgan fingerprint density at radius 1 is 1.09 bits per heavy atom. The minimum atomic E-state index is -0.341. The Kier molecular flexibility index (Phi) is 6.11. The molecule has 0 atom stereocenters. The van der Waals surface area contributed by atoms with E-state index in [1.165, 1.54) is 0 Å². The molecule has 0 radical (unpaired) electrons. The monoisotopic (exact) mass is 419 g/mol. The van der Waals surface area contributed by atoms with Crippen molar-refractivity contribution in [3.8, 4) is 6.07 Å². The summed E-state index contributed by atoms with van der Waals surface area (Å²) >= 11 is 2.13. The number of nitrogens with zero attached hydrogens (tertiary/aromatic N) is 1. The van der Waals surface area contributed by atoms with Gasteiger partial charge in [0.15, 0.2) is 0 Å². The molecule has 0 aliphatic carbocycles. The Bertz CT molecular complexity index is 751. The molecule has 2 amide bonds. The smallest absolute Gasteiger partial charge is 0.252 e. The third-order valence-electron chi connectivity index (χ3n) is 3.05. The van der Waals surface area contributed by atoms with Gasteiger partial charge in [-0.05, 0) is 52.4 Å². The second-order valence-corrected chi connectivity index (χ2v) is 5.90. The van der Waals surface area contributed by atoms with Crippen LogP contribution in [0.5, 0.6) is 0 Å². The fraction of sp³-hybridized carbons (Fsp3) is 0.118. The number of carbonyl (C=O) groups is 2. The van der Waals surface area contributed by atoms with Crippen LogP contribution in [0.4, 0.5) is 5.69 Å². The number of hydrogen-bond donors (Lipinski definition) is 2. The van der Waals surface area contributed by atoms with Gasteiger partial charge in [0.05, 0.1) is 11.6 Å². The van der Waals surface area contributed by atoms with E-state index in [0.29, 0.717) is 17.8 Å². The summed E-state index contributed by atoms with van der Waals surface area (Å²) in [7, 11) is 0. The summed E-state index contributed by atoms with van der Waals surface area (Å²) in [6.07, 6.45) is -0.173. The van der Waals surface area contributed by atoms with Crippen LogP contribution >= 0.6 is 22.6 Å². The van der Waals surface area contributed by atoms with Gasteiger partial charge in [-0.3, -0.25) is 9.59 Å². The molecule has 2 aromatic rings. The highest BCUT2D eigenvalue weighted by atomic mass is 127. The Labute approximate surface area is 147 Å². The first-order valence-electron chi connectivity index (χ1n) is 6.88. The van der Waals surface area contributed by atoms with Crippen molar-refractivity contribution in [2.75, 3.05) is 5.32 Å². The highest BCUT2D eigenvalue weighted by Crippen LogP contribution is 2.12. The molecule has 0 aromatic heterocycles. The SMILES string of the molecule is N#CCC(=O)Nc1ccc(CNC(=O)c2ccccc2I)cc1. The molecule has 0 bridgehead atoms. The largest absolute Gasteiger partial charge is 0.348 e. The topological polar surface area (TPSA) is 82.0 Å². The number of anilines is 1. The van der Waals surface area contributed by atoms with E-state index in [1.807, 2.05) is 30.3 Å². The summed E-state index contributed by atoms with van der Waals surface area (Å²) in [6, 6.07) is 16.3. The molecule has 0 fully saturated rings. The molecule has 2 rings (SSSR count). The lowest BCUT2D eigenvalue weighted by Gasteiger charge is -2.08. The molecule has 2 N–H and O–H groups in total. The lowest BCUT2D eigenvalue weighted by atomic mass is 10.2. The van der Waals surface area contributed by atoms with Gasteiger partial charge in [-0.15, -0.1) is 0 Å². The van der Waals surface area contributed by atoms with E-state index >= 15 is 0 Å². The Morgan fingerprint density at radius 2 is 1.78 bits per heavy atom. The Morgan fingerprint density at radius 3 is 2.43 bits per heavy atom. The van der Waals surface area contributed by atoms with Crippen molar-refractivity contribution >= 4 is 40.1 Å². The summed E-state index contributed by atoms with van der Waals surface area (Å²) in [6.45, 7) is 0.399. The van der Waals surface area contributed by atoms with Gasteiger partial charge < -0.3 is 10.6 Å². The van der Waals surface area contributed by atoms with Gasteiger partial charge in [0.1, 0.15) is 6.42 Å². The van der Waals surface area contributed by atoms with Crippen LogP contribution in [0.1, 0.15) is 22.3 Å². The van der Waals surface area contributed by atoms with Crippen LogP contribution in [-0.2, 0) is 11.3 Å².